The van der Waals surface area contributed by atoms with Crippen LogP contribution < -0.4 is 0 Å². The fourth-order valence-corrected chi connectivity index (χ4v) is 3.23. The molecular weight excluding hydrogens is 280 g/mol. The van der Waals surface area contributed by atoms with Gasteiger partial charge in [0.25, 0.3) is 0 Å². The Kier molecular flexibility index (Phi) is 3.65. The van der Waals surface area contributed by atoms with E-state index >= 15 is 0 Å². The number of hydrogen-bond acceptors (Lipinski definition) is 5. The zero-order valence-corrected chi connectivity index (χ0v) is 11.9. The summed E-state index contributed by atoms with van der Waals surface area (Å²) in [5, 5.41) is 12.1. The van der Waals surface area contributed by atoms with Crippen molar-refractivity contribution in [3.05, 3.63) is 22.4 Å². The van der Waals surface area contributed by atoms with Crippen molar-refractivity contribution in [3.8, 4) is 6.07 Å². The van der Waals surface area contributed by atoms with Crippen LogP contribution in [0.4, 0.5) is 0 Å². The van der Waals surface area contributed by atoms with E-state index in [9.17, 15) is 0 Å². The highest BCUT2D eigenvalue weighted by Gasteiger charge is 2.29. The van der Waals surface area contributed by atoms with Crippen LogP contribution in [-0.2, 0) is 6.54 Å². The zero-order valence-electron chi connectivity index (χ0n) is 10.3. The van der Waals surface area contributed by atoms with Crippen molar-refractivity contribution in [1.82, 2.24) is 14.9 Å². The molecule has 0 bridgehead atoms. The highest BCUT2D eigenvalue weighted by atomic mass is 35.5. The van der Waals surface area contributed by atoms with Gasteiger partial charge in [0, 0.05) is 24.4 Å². The summed E-state index contributed by atoms with van der Waals surface area (Å²) in [4.78, 5) is 12.1. The van der Waals surface area contributed by atoms with E-state index in [2.05, 4.69) is 20.9 Å². The Hall–Kier alpha value is -1.22. The van der Waals surface area contributed by atoms with Gasteiger partial charge in [-0.15, -0.1) is 11.3 Å². The maximum atomic E-state index is 8.71. The largest absolute Gasteiger partial charge is 0.292 e. The lowest BCUT2D eigenvalue weighted by Crippen LogP contribution is -2.27. The predicted molar refractivity (Wildman–Crippen MR) is 76.1 cm³/mol. The van der Waals surface area contributed by atoms with E-state index in [-0.39, 0.29) is 0 Å². The molecule has 1 aliphatic rings. The molecule has 0 spiro atoms. The van der Waals surface area contributed by atoms with Crippen LogP contribution in [0.25, 0.3) is 10.2 Å². The summed E-state index contributed by atoms with van der Waals surface area (Å²) < 4.78 is 0. The van der Waals surface area contributed by atoms with E-state index in [1.54, 1.807) is 11.3 Å². The first-order chi connectivity index (χ1) is 9.28. The minimum absolute atomic E-state index is 0.525. The standard InChI is InChI=1S/C13H13ClN4S/c14-12-10-4-7-19-13(10)17-11(16-12)8-18(6-1-5-15)9-2-3-9/h4,7,9H,1-3,6,8H2. The van der Waals surface area contributed by atoms with Gasteiger partial charge in [0.1, 0.15) is 15.8 Å². The fraction of sp³-hybridized carbons (Fsp3) is 0.462. The minimum Gasteiger partial charge on any atom is -0.292 e. The third kappa shape index (κ3) is 2.86. The molecular formula is C13H13ClN4S. The maximum absolute atomic E-state index is 8.71. The van der Waals surface area contributed by atoms with Crippen molar-refractivity contribution in [2.45, 2.75) is 31.8 Å². The smallest absolute Gasteiger partial charge is 0.145 e. The Morgan fingerprint density at radius 2 is 2.32 bits per heavy atom. The molecule has 2 heterocycles. The molecule has 4 nitrogen and oxygen atoms in total. The lowest BCUT2D eigenvalue weighted by molar-refractivity contribution is 0.254. The van der Waals surface area contributed by atoms with Gasteiger partial charge >= 0.3 is 0 Å². The molecule has 0 unspecified atom stereocenters. The van der Waals surface area contributed by atoms with Crippen LogP contribution in [0.1, 0.15) is 25.1 Å². The normalized spacial score (nSPS) is 15.0. The van der Waals surface area contributed by atoms with Crippen molar-refractivity contribution in [2.75, 3.05) is 6.54 Å². The number of aromatic nitrogens is 2. The summed E-state index contributed by atoms with van der Waals surface area (Å²) in [5.74, 6) is 0.754. The van der Waals surface area contributed by atoms with Crippen molar-refractivity contribution in [1.29, 1.82) is 5.26 Å². The number of nitrogens with zero attached hydrogens (tertiary/aromatic N) is 4. The molecule has 0 aromatic carbocycles. The van der Waals surface area contributed by atoms with Gasteiger partial charge in [-0.3, -0.25) is 4.90 Å². The van der Waals surface area contributed by atoms with Gasteiger partial charge in [-0.1, -0.05) is 11.6 Å². The molecule has 1 aliphatic carbocycles. The Morgan fingerprint density at radius 1 is 1.47 bits per heavy atom. The van der Waals surface area contributed by atoms with Crippen molar-refractivity contribution in [2.24, 2.45) is 0 Å². The molecule has 0 radical (unpaired) electrons. The molecule has 2 aromatic rings. The number of fused-ring (bicyclic) bond motifs is 1. The van der Waals surface area contributed by atoms with E-state index in [4.69, 9.17) is 16.9 Å². The Balaban J connectivity index is 1.81. The van der Waals surface area contributed by atoms with Crippen LogP contribution in [-0.4, -0.2) is 27.5 Å². The van der Waals surface area contributed by atoms with E-state index in [1.165, 1.54) is 12.8 Å². The van der Waals surface area contributed by atoms with E-state index in [0.717, 1.165) is 22.6 Å². The summed E-state index contributed by atoms with van der Waals surface area (Å²) >= 11 is 7.75. The molecule has 3 rings (SSSR count). The van der Waals surface area contributed by atoms with Crippen LogP contribution in [0.5, 0.6) is 0 Å². The van der Waals surface area contributed by atoms with E-state index in [0.29, 0.717) is 24.2 Å². The minimum atomic E-state index is 0.525. The second-order valence-corrected chi connectivity index (χ2v) is 5.93. The van der Waals surface area contributed by atoms with Crippen molar-refractivity contribution in [3.63, 3.8) is 0 Å². The number of thiophene rings is 1. The molecule has 98 valence electrons. The Labute approximate surface area is 120 Å². The SMILES string of the molecule is N#CCCN(Cc1nc(Cl)c2ccsc2n1)C1CC1. The predicted octanol–water partition coefficient (Wildman–Crippen LogP) is 3.22. The van der Waals surface area contributed by atoms with Gasteiger partial charge in [-0.05, 0) is 24.3 Å². The van der Waals surface area contributed by atoms with Crippen LogP contribution in [0, 0.1) is 11.3 Å². The first kappa shape index (κ1) is 12.8. The third-order valence-corrected chi connectivity index (χ3v) is 4.34. The molecule has 1 saturated carbocycles. The lowest BCUT2D eigenvalue weighted by Gasteiger charge is -2.19. The van der Waals surface area contributed by atoms with Gasteiger partial charge in [-0.25, -0.2) is 9.97 Å². The number of halogens is 1. The van der Waals surface area contributed by atoms with Crippen LogP contribution >= 0.6 is 22.9 Å². The van der Waals surface area contributed by atoms with Gasteiger partial charge in [0.05, 0.1) is 12.6 Å². The fourth-order valence-electron chi connectivity index (χ4n) is 2.14. The average Bonchev–Trinajstić information content (AvgIpc) is 3.13. The van der Waals surface area contributed by atoms with E-state index < -0.39 is 0 Å². The number of hydrogen-bond donors (Lipinski definition) is 0. The molecule has 2 aromatic heterocycles. The first-order valence-electron chi connectivity index (χ1n) is 6.28. The molecule has 1 fully saturated rings. The van der Waals surface area contributed by atoms with Crippen molar-refractivity contribution >= 4 is 33.2 Å². The quantitative estimate of drug-likeness (QED) is 0.794. The van der Waals surface area contributed by atoms with Crippen LogP contribution in [0.15, 0.2) is 11.4 Å². The Bertz CT molecular complexity index is 629. The van der Waals surface area contributed by atoms with Gasteiger partial charge in [-0.2, -0.15) is 5.26 Å². The van der Waals surface area contributed by atoms with Crippen LogP contribution in [0.3, 0.4) is 0 Å². The van der Waals surface area contributed by atoms with Crippen molar-refractivity contribution < 1.29 is 0 Å². The second-order valence-electron chi connectivity index (χ2n) is 4.68. The zero-order chi connectivity index (χ0) is 13.2. The second kappa shape index (κ2) is 5.41. The van der Waals surface area contributed by atoms with Gasteiger partial charge in [0.15, 0.2) is 0 Å². The lowest BCUT2D eigenvalue weighted by atomic mass is 10.3. The summed E-state index contributed by atoms with van der Waals surface area (Å²) in [6, 6.07) is 4.73. The maximum Gasteiger partial charge on any atom is 0.145 e. The number of rotatable bonds is 5. The van der Waals surface area contributed by atoms with Crippen LogP contribution in [0.2, 0.25) is 5.15 Å². The van der Waals surface area contributed by atoms with Gasteiger partial charge in [0.2, 0.25) is 0 Å². The third-order valence-electron chi connectivity index (χ3n) is 3.24. The van der Waals surface area contributed by atoms with Gasteiger partial charge < -0.3 is 0 Å². The molecule has 0 N–H and O–H groups in total. The summed E-state index contributed by atoms with van der Waals surface area (Å²) in [6.07, 6.45) is 2.96. The molecule has 19 heavy (non-hydrogen) atoms. The van der Waals surface area contributed by atoms with E-state index in [1.807, 2.05) is 11.4 Å². The summed E-state index contributed by atoms with van der Waals surface area (Å²) in [6.45, 7) is 1.46. The highest BCUT2D eigenvalue weighted by molar-refractivity contribution is 7.16. The molecule has 0 saturated heterocycles. The summed E-state index contributed by atoms with van der Waals surface area (Å²) in [5.41, 5.74) is 0. The summed E-state index contributed by atoms with van der Waals surface area (Å²) in [7, 11) is 0. The first-order valence-corrected chi connectivity index (χ1v) is 7.54. The Morgan fingerprint density at radius 3 is 3.05 bits per heavy atom. The molecule has 6 heteroatoms. The monoisotopic (exact) mass is 292 g/mol. The molecule has 0 aliphatic heterocycles. The molecule has 0 amide bonds. The molecule has 0 atom stereocenters. The highest BCUT2D eigenvalue weighted by Crippen LogP contribution is 2.29. The average molecular weight is 293 g/mol. The number of nitriles is 1. The topological polar surface area (TPSA) is 52.8 Å².